The number of nitro groups is 1. The van der Waals surface area contributed by atoms with Gasteiger partial charge in [-0.05, 0) is 37.1 Å². The van der Waals surface area contributed by atoms with E-state index in [1.165, 1.54) is 49.3 Å². The number of likely N-dealkylation sites (tertiary alicyclic amines) is 1. The number of hydrogen-bond acceptors (Lipinski definition) is 9. The van der Waals surface area contributed by atoms with Gasteiger partial charge in [0.2, 0.25) is 5.91 Å². The molecule has 2 N–H and O–H groups in total. The number of ether oxygens (including phenoxy) is 2. The molecule has 0 radical (unpaired) electrons. The Morgan fingerprint density at radius 2 is 1.84 bits per heavy atom. The van der Waals surface area contributed by atoms with E-state index < -0.39 is 47.0 Å². The molecule has 0 aromatic heterocycles. The Balaban J connectivity index is 1.81. The molecule has 1 heterocycles. The first-order valence-electron chi connectivity index (χ1n) is 11.8. The number of aliphatic hydroxyl groups is 1. The number of carbonyl (C=O) groups excluding carboxylic acids is 3. The lowest BCUT2D eigenvalue weighted by Gasteiger charge is -2.50. The van der Waals surface area contributed by atoms with Gasteiger partial charge in [0.25, 0.3) is 5.69 Å². The summed E-state index contributed by atoms with van der Waals surface area (Å²) in [7, 11) is 1.24. The fourth-order valence-corrected chi connectivity index (χ4v) is 4.00. The number of allylic oxidation sites excluding steroid dienone is 1. The summed E-state index contributed by atoms with van der Waals surface area (Å²) in [5.41, 5.74) is 1.66. The van der Waals surface area contributed by atoms with Crippen molar-refractivity contribution in [1.82, 2.24) is 10.2 Å². The van der Waals surface area contributed by atoms with Crippen molar-refractivity contribution >= 4 is 29.6 Å². The van der Waals surface area contributed by atoms with Gasteiger partial charge in [0.15, 0.2) is 6.04 Å². The molecule has 4 atom stereocenters. The van der Waals surface area contributed by atoms with Gasteiger partial charge in [0, 0.05) is 23.9 Å². The molecule has 2 unspecified atom stereocenters. The second-order valence-electron chi connectivity index (χ2n) is 8.70. The van der Waals surface area contributed by atoms with Gasteiger partial charge in [0.05, 0.1) is 24.2 Å². The number of carbonyl (C=O) groups is 3. The summed E-state index contributed by atoms with van der Waals surface area (Å²) in [6, 6.07) is 12.0. The van der Waals surface area contributed by atoms with Gasteiger partial charge in [0.1, 0.15) is 12.6 Å². The van der Waals surface area contributed by atoms with Crippen LogP contribution in [-0.4, -0.2) is 64.1 Å². The van der Waals surface area contributed by atoms with E-state index in [9.17, 15) is 29.6 Å². The average Bonchev–Trinajstić information content (AvgIpc) is 2.90. The Morgan fingerprint density at radius 1 is 1.18 bits per heavy atom. The van der Waals surface area contributed by atoms with Gasteiger partial charge in [-0.2, -0.15) is 0 Å². The van der Waals surface area contributed by atoms with E-state index in [2.05, 4.69) is 10.1 Å². The van der Waals surface area contributed by atoms with Crippen LogP contribution in [0, 0.1) is 10.1 Å². The maximum atomic E-state index is 13.2. The van der Waals surface area contributed by atoms with E-state index >= 15 is 0 Å². The smallest absolute Gasteiger partial charge is 0.332 e. The summed E-state index contributed by atoms with van der Waals surface area (Å²) in [5, 5.41) is 24.3. The molecule has 1 saturated heterocycles. The van der Waals surface area contributed by atoms with Gasteiger partial charge in [-0.15, -0.1) is 0 Å². The third-order valence-electron chi connectivity index (χ3n) is 5.91. The molecule has 0 saturated carbocycles. The van der Waals surface area contributed by atoms with Crippen LogP contribution < -0.4 is 5.32 Å². The van der Waals surface area contributed by atoms with Gasteiger partial charge in [-0.1, -0.05) is 42.5 Å². The Labute approximate surface area is 219 Å². The lowest BCUT2D eigenvalue weighted by atomic mass is 9.89. The summed E-state index contributed by atoms with van der Waals surface area (Å²) in [4.78, 5) is 49.4. The predicted octanol–water partition coefficient (Wildman–Crippen LogP) is 2.35. The minimum absolute atomic E-state index is 0.101. The van der Waals surface area contributed by atoms with Gasteiger partial charge in [-0.3, -0.25) is 14.9 Å². The van der Waals surface area contributed by atoms with Crippen molar-refractivity contribution < 1.29 is 33.9 Å². The number of amides is 1. The molecule has 11 heteroatoms. The molecule has 11 nitrogen and oxygen atoms in total. The van der Waals surface area contributed by atoms with E-state index in [1.54, 1.807) is 19.1 Å². The van der Waals surface area contributed by atoms with Crippen molar-refractivity contribution in [2.75, 3.05) is 7.11 Å². The van der Waals surface area contributed by atoms with Crippen LogP contribution in [-0.2, 0) is 30.5 Å². The van der Waals surface area contributed by atoms with Gasteiger partial charge in [-0.25, -0.2) is 9.59 Å². The predicted molar refractivity (Wildman–Crippen MR) is 137 cm³/mol. The number of nitrogens with zero attached hydrogens (tertiary/aromatic N) is 2. The third kappa shape index (κ3) is 6.83. The number of non-ortho nitro benzene ring substituents is 1. The highest BCUT2D eigenvalue weighted by atomic mass is 16.6. The Bertz CT molecular complexity index is 1220. The highest BCUT2D eigenvalue weighted by molar-refractivity contribution is 5.95. The second-order valence-corrected chi connectivity index (χ2v) is 8.70. The molecule has 0 bridgehead atoms. The van der Waals surface area contributed by atoms with Crippen LogP contribution in [0.2, 0.25) is 0 Å². The van der Waals surface area contributed by atoms with E-state index in [4.69, 9.17) is 4.74 Å². The van der Waals surface area contributed by atoms with Crippen molar-refractivity contribution in [3.8, 4) is 0 Å². The zero-order valence-electron chi connectivity index (χ0n) is 21.1. The third-order valence-corrected chi connectivity index (χ3v) is 5.91. The fraction of sp³-hybridized carbons (Fsp3) is 0.296. The average molecular weight is 524 g/mol. The maximum Gasteiger partial charge on any atom is 0.332 e. The van der Waals surface area contributed by atoms with Crippen LogP contribution in [0.5, 0.6) is 0 Å². The standard InChI is InChI=1S/C27H29N3O8/c1-17(15-23(32)37-3)28-24-22(14-11-19-7-5-4-6-8-19)29(26(24)33)25(18(2)31)27(34)38-16-20-9-12-21(13-10-20)30(35)36/h4-15,18,22,24-25,28,31H,16H2,1-3H3/t18?,22-,24+,25?/m0/s1. The lowest BCUT2D eigenvalue weighted by Crippen LogP contribution is -2.74. The monoisotopic (exact) mass is 523 g/mol. The largest absolute Gasteiger partial charge is 0.466 e. The number of nitrogens with one attached hydrogen (secondary N) is 1. The number of benzene rings is 2. The second kappa shape index (κ2) is 12.6. The van der Waals surface area contributed by atoms with E-state index in [0.717, 1.165) is 5.56 Å². The van der Waals surface area contributed by atoms with Crippen LogP contribution in [0.1, 0.15) is 25.0 Å². The van der Waals surface area contributed by atoms with Gasteiger partial charge < -0.3 is 24.8 Å². The normalized spacial score (nSPS) is 18.9. The molecule has 2 aromatic carbocycles. The highest BCUT2D eigenvalue weighted by Crippen LogP contribution is 2.28. The first kappa shape index (κ1) is 28.1. The SMILES string of the molecule is COC(=O)C=C(C)N[C@H]1C(=O)N(C(C(=O)OCc2ccc([N+](=O)[O-])cc2)C(C)O)[C@H]1C=Cc1ccccc1. The van der Waals surface area contributed by atoms with E-state index in [-0.39, 0.29) is 12.3 Å². The maximum absolute atomic E-state index is 13.2. The van der Waals surface area contributed by atoms with Crippen molar-refractivity contribution in [3.05, 3.63) is 93.7 Å². The molecule has 38 heavy (non-hydrogen) atoms. The Hall–Kier alpha value is -4.51. The fourth-order valence-electron chi connectivity index (χ4n) is 4.00. The minimum Gasteiger partial charge on any atom is -0.466 e. The molecular weight excluding hydrogens is 494 g/mol. The Kier molecular flexibility index (Phi) is 9.33. The quantitative estimate of drug-likeness (QED) is 0.149. The van der Waals surface area contributed by atoms with Crippen molar-refractivity contribution in [2.45, 2.75) is 44.7 Å². The van der Waals surface area contributed by atoms with Crippen molar-refractivity contribution in [1.29, 1.82) is 0 Å². The first-order chi connectivity index (χ1) is 18.1. The summed E-state index contributed by atoms with van der Waals surface area (Å²) in [5.74, 6) is -1.89. The van der Waals surface area contributed by atoms with Crippen LogP contribution in [0.4, 0.5) is 5.69 Å². The molecule has 1 amide bonds. The molecule has 3 rings (SSSR count). The van der Waals surface area contributed by atoms with Gasteiger partial charge >= 0.3 is 11.9 Å². The lowest BCUT2D eigenvalue weighted by molar-refractivity contribution is -0.384. The molecular formula is C27H29N3O8. The molecule has 200 valence electrons. The number of β-lactam (4-membered cyclic amide) rings is 1. The number of aliphatic hydroxyl groups excluding tert-OH is 1. The van der Waals surface area contributed by atoms with Crippen molar-refractivity contribution in [2.24, 2.45) is 0 Å². The summed E-state index contributed by atoms with van der Waals surface area (Å²) >= 11 is 0. The Morgan fingerprint density at radius 3 is 2.42 bits per heavy atom. The molecule has 1 aliphatic rings. The number of hydrogen-bond donors (Lipinski definition) is 2. The molecule has 0 aliphatic carbocycles. The molecule has 2 aromatic rings. The molecule has 0 spiro atoms. The summed E-state index contributed by atoms with van der Waals surface area (Å²) < 4.78 is 10.00. The van der Waals surface area contributed by atoms with E-state index in [0.29, 0.717) is 11.3 Å². The van der Waals surface area contributed by atoms with Crippen LogP contribution in [0.15, 0.2) is 72.4 Å². The van der Waals surface area contributed by atoms with Crippen molar-refractivity contribution in [3.63, 3.8) is 0 Å². The molecule has 1 fully saturated rings. The van der Waals surface area contributed by atoms with Crippen LogP contribution in [0.25, 0.3) is 6.08 Å². The van der Waals surface area contributed by atoms with E-state index in [1.807, 2.05) is 30.3 Å². The van der Waals surface area contributed by atoms with Crippen LogP contribution >= 0.6 is 0 Å². The zero-order chi connectivity index (χ0) is 27.8. The zero-order valence-corrected chi connectivity index (χ0v) is 21.1. The summed E-state index contributed by atoms with van der Waals surface area (Å²) in [6.07, 6.45) is 3.47. The number of esters is 2. The summed E-state index contributed by atoms with van der Waals surface area (Å²) in [6.45, 7) is 2.79. The van der Waals surface area contributed by atoms with Crippen LogP contribution in [0.3, 0.4) is 0 Å². The first-order valence-corrected chi connectivity index (χ1v) is 11.8. The minimum atomic E-state index is -1.31. The number of methoxy groups -OCH3 is 1. The topological polar surface area (TPSA) is 148 Å². The molecule has 1 aliphatic heterocycles. The number of rotatable bonds is 11. The highest BCUT2D eigenvalue weighted by Gasteiger charge is 2.52. The number of nitro benzene ring substituents is 1.